The van der Waals surface area contributed by atoms with Gasteiger partial charge in [0.1, 0.15) is 5.69 Å². The van der Waals surface area contributed by atoms with Gasteiger partial charge in [0.2, 0.25) is 0 Å². The van der Waals surface area contributed by atoms with Crippen molar-refractivity contribution >= 4 is 27.9 Å². The Morgan fingerprint density at radius 1 is 1.32 bits per heavy atom. The number of aryl methyl sites for hydroxylation is 1. The Bertz CT molecular complexity index is 819. The van der Waals surface area contributed by atoms with Crippen molar-refractivity contribution in [2.75, 3.05) is 5.32 Å². The molecule has 22 heavy (non-hydrogen) atoms. The van der Waals surface area contributed by atoms with Crippen LogP contribution < -0.4 is 5.32 Å². The lowest BCUT2D eigenvalue weighted by Crippen LogP contribution is -2.13. The standard InChI is InChI=1S/C14H10F3N3OS/c1-8-6-20-7-11(19-13(20)22-8)12(21)18-10-4-2-3-9(5-10)14(15,16)17/h2-7H,1H3,(H,18,21). The summed E-state index contributed by atoms with van der Waals surface area (Å²) in [4.78, 5) is 17.9. The third-order valence-corrected chi connectivity index (χ3v) is 3.86. The zero-order chi connectivity index (χ0) is 15.9. The lowest BCUT2D eigenvalue weighted by Gasteiger charge is -2.09. The minimum atomic E-state index is -4.45. The predicted molar refractivity (Wildman–Crippen MR) is 77.2 cm³/mol. The molecule has 3 aromatic rings. The number of fused-ring (bicyclic) bond motifs is 1. The molecule has 0 aliphatic rings. The van der Waals surface area contributed by atoms with Gasteiger partial charge >= 0.3 is 6.18 Å². The lowest BCUT2D eigenvalue weighted by molar-refractivity contribution is -0.137. The number of imidazole rings is 1. The summed E-state index contributed by atoms with van der Waals surface area (Å²) in [5, 5.41) is 2.43. The highest BCUT2D eigenvalue weighted by Crippen LogP contribution is 2.30. The smallest absolute Gasteiger partial charge is 0.321 e. The van der Waals surface area contributed by atoms with E-state index in [9.17, 15) is 18.0 Å². The molecule has 0 bridgehead atoms. The first kappa shape index (κ1) is 14.6. The molecular formula is C14H10F3N3OS. The van der Waals surface area contributed by atoms with Crippen molar-refractivity contribution in [3.8, 4) is 0 Å². The summed E-state index contributed by atoms with van der Waals surface area (Å²) >= 11 is 1.43. The molecule has 0 aliphatic carbocycles. The van der Waals surface area contributed by atoms with Crippen LogP contribution in [0.25, 0.3) is 4.96 Å². The van der Waals surface area contributed by atoms with Gasteiger partial charge < -0.3 is 5.32 Å². The van der Waals surface area contributed by atoms with Crippen molar-refractivity contribution in [2.24, 2.45) is 0 Å². The Balaban J connectivity index is 1.83. The number of thiazole rings is 1. The van der Waals surface area contributed by atoms with Crippen molar-refractivity contribution in [1.82, 2.24) is 9.38 Å². The van der Waals surface area contributed by atoms with E-state index >= 15 is 0 Å². The van der Waals surface area contributed by atoms with Crippen molar-refractivity contribution in [3.63, 3.8) is 0 Å². The summed E-state index contributed by atoms with van der Waals surface area (Å²) in [6, 6.07) is 4.48. The van der Waals surface area contributed by atoms with Crippen LogP contribution in [-0.2, 0) is 6.18 Å². The zero-order valence-corrected chi connectivity index (χ0v) is 12.1. The lowest BCUT2D eigenvalue weighted by atomic mass is 10.2. The SMILES string of the molecule is Cc1cn2cc(C(=O)Nc3cccc(C(F)(F)F)c3)nc2s1. The van der Waals surface area contributed by atoms with Crippen molar-refractivity contribution in [1.29, 1.82) is 0 Å². The number of nitrogens with one attached hydrogen (secondary N) is 1. The van der Waals surface area contributed by atoms with Crippen LogP contribution in [0.5, 0.6) is 0 Å². The molecule has 0 aliphatic heterocycles. The molecule has 2 aromatic heterocycles. The second-order valence-electron chi connectivity index (χ2n) is 4.69. The molecule has 1 amide bonds. The van der Waals surface area contributed by atoms with E-state index in [4.69, 9.17) is 0 Å². The highest BCUT2D eigenvalue weighted by Gasteiger charge is 2.30. The van der Waals surface area contributed by atoms with Crippen LogP contribution in [0.1, 0.15) is 20.9 Å². The molecular weight excluding hydrogens is 315 g/mol. The van der Waals surface area contributed by atoms with Gasteiger partial charge in [-0.3, -0.25) is 9.20 Å². The van der Waals surface area contributed by atoms with Crippen LogP contribution >= 0.6 is 11.3 Å². The molecule has 0 atom stereocenters. The summed E-state index contributed by atoms with van der Waals surface area (Å²) < 4.78 is 39.6. The van der Waals surface area contributed by atoms with Crippen LogP contribution in [0.4, 0.5) is 18.9 Å². The number of anilines is 1. The molecule has 0 saturated carbocycles. The quantitative estimate of drug-likeness (QED) is 0.775. The molecule has 8 heteroatoms. The van der Waals surface area contributed by atoms with E-state index in [2.05, 4.69) is 10.3 Å². The summed E-state index contributed by atoms with van der Waals surface area (Å²) in [5.74, 6) is -0.548. The Morgan fingerprint density at radius 3 is 2.77 bits per heavy atom. The molecule has 1 aromatic carbocycles. The number of hydrogen-bond donors (Lipinski definition) is 1. The molecule has 0 spiro atoms. The Hall–Kier alpha value is -2.35. The summed E-state index contributed by atoms with van der Waals surface area (Å²) in [6.45, 7) is 1.92. The minimum Gasteiger partial charge on any atom is -0.321 e. The first-order valence-corrected chi connectivity index (χ1v) is 7.08. The van der Waals surface area contributed by atoms with Crippen LogP contribution in [0, 0.1) is 6.92 Å². The monoisotopic (exact) mass is 325 g/mol. The fourth-order valence-corrected chi connectivity index (χ4v) is 2.80. The van der Waals surface area contributed by atoms with Crippen molar-refractivity contribution in [3.05, 3.63) is 52.8 Å². The van der Waals surface area contributed by atoms with E-state index in [0.717, 1.165) is 17.0 Å². The van der Waals surface area contributed by atoms with Gasteiger partial charge in [-0.25, -0.2) is 4.98 Å². The molecule has 1 N–H and O–H groups in total. The molecule has 0 fully saturated rings. The van der Waals surface area contributed by atoms with Gasteiger partial charge in [-0.05, 0) is 25.1 Å². The van der Waals surface area contributed by atoms with E-state index in [0.29, 0.717) is 4.96 Å². The molecule has 0 unspecified atom stereocenters. The minimum absolute atomic E-state index is 0.0763. The Labute approximate surface area is 127 Å². The largest absolute Gasteiger partial charge is 0.416 e. The zero-order valence-electron chi connectivity index (χ0n) is 11.3. The van der Waals surface area contributed by atoms with Crippen LogP contribution in [0.3, 0.4) is 0 Å². The van der Waals surface area contributed by atoms with E-state index < -0.39 is 17.6 Å². The summed E-state index contributed by atoms with van der Waals surface area (Å²) in [5.41, 5.74) is -0.581. The molecule has 0 saturated heterocycles. The molecule has 0 radical (unpaired) electrons. The van der Waals surface area contributed by atoms with Gasteiger partial charge in [0.25, 0.3) is 5.91 Å². The number of carbonyl (C=O) groups excluding carboxylic acids is 1. The molecule has 3 rings (SSSR count). The molecule has 114 valence electrons. The van der Waals surface area contributed by atoms with Gasteiger partial charge in [-0.15, -0.1) is 11.3 Å². The van der Waals surface area contributed by atoms with E-state index in [1.54, 1.807) is 10.6 Å². The normalized spacial score (nSPS) is 11.8. The van der Waals surface area contributed by atoms with Gasteiger partial charge in [0.15, 0.2) is 4.96 Å². The maximum Gasteiger partial charge on any atom is 0.416 e. The van der Waals surface area contributed by atoms with E-state index in [1.165, 1.54) is 23.5 Å². The third-order valence-electron chi connectivity index (χ3n) is 2.95. The Kier molecular flexibility index (Phi) is 3.40. The third kappa shape index (κ3) is 2.82. The number of alkyl halides is 3. The number of carbonyl (C=O) groups is 1. The van der Waals surface area contributed by atoms with Crippen LogP contribution in [-0.4, -0.2) is 15.3 Å². The van der Waals surface area contributed by atoms with Gasteiger partial charge in [0, 0.05) is 23.0 Å². The van der Waals surface area contributed by atoms with Crippen molar-refractivity contribution in [2.45, 2.75) is 13.1 Å². The number of halogens is 3. The summed E-state index contributed by atoms with van der Waals surface area (Å²) in [6.07, 6.45) is -1.08. The van der Waals surface area contributed by atoms with Crippen LogP contribution in [0.15, 0.2) is 36.7 Å². The highest BCUT2D eigenvalue weighted by atomic mass is 32.1. The number of hydrogen-bond acceptors (Lipinski definition) is 3. The number of nitrogens with zero attached hydrogens (tertiary/aromatic N) is 2. The second-order valence-corrected chi connectivity index (χ2v) is 5.90. The average Bonchev–Trinajstić information content (AvgIpc) is 2.95. The number of amides is 1. The summed E-state index contributed by atoms with van der Waals surface area (Å²) in [7, 11) is 0. The van der Waals surface area contributed by atoms with E-state index in [1.807, 2.05) is 13.1 Å². The maximum absolute atomic E-state index is 12.6. The second kappa shape index (κ2) is 5.13. The molecule has 4 nitrogen and oxygen atoms in total. The van der Waals surface area contributed by atoms with Gasteiger partial charge in [-0.2, -0.15) is 13.2 Å². The number of aromatic nitrogens is 2. The molecule has 2 heterocycles. The van der Waals surface area contributed by atoms with Gasteiger partial charge in [-0.1, -0.05) is 6.07 Å². The fraction of sp³-hybridized carbons (Fsp3) is 0.143. The number of rotatable bonds is 2. The average molecular weight is 325 g/mol. The van der Waals surface area contributed by atoms with Crippen molar-refractivity contribution < 1.29 is 18.0 Å². The number of benzene rings is 1. The fourth-order valence-electron chi connectivity index (χ4n) is 1.99. The first-order valence-electron chi connectivity index (χ1n) is 6.27. The topological polar surface area (TPSA) is 46.4 Å². The first-order chi connectivity index (χ1) is 10.3. The van der Waals surface area contributed by atoms with E-state index in [-0.39, 0.29) is 11.4 Å². The Morgan fingerprint density at radius 2 is 2.09 bits per heavy atom. The predicted octanol–water partition coefficient (Wildman–Crippen LogP) is 3.98. The van der Waals surface area contributed by atoms with Gasteiger partial charge in [0.05, 0.1) is 5.56 Å². The highest BCUT2D eigenvalue weighted by molar-refractivity contribution is 7.17. The maximum atomic E-state index is 12.6. The van der Waals surface area contributed by atoms with Crippen LogP contribution in [0.2, 0.25) is 0 Å².